The summed E-state index contributed by atoms with van der Waals surface area (Å²) >= 11 is 0. The van der Waals surface area contributed by atoms with Gasteiger partial charge in [0.1, 0.15) is 0 Å². The van der Waals surface area contributed by atoms with Crippen LogP contribution in [-0.4, -0.2) is 17.4 Å². The Labute approximate surface area is 125 Å². The molecule has 21 heavy (non-hydrogen) atoms. The molecule has 0 saturated heterocycles. The molecular formula is C17H23N3O. The molecule has 0 spiro atoms. The third-order valence-corrected chi connectivity index (χ3v) is 5.74. The summed E-state index contributed by atoms with van der Waals surface area (Å²) in [4.78, 5) is 15.5. The number of rotatable bonds is 3. The maximum Gasteiger partial charge on any atom is 0.253 e. The van der Waals surface area contributed by atoms with Crippen molar-refractivity contribution >= 4 is 22.5 Å². The molecule has 1 saturated carbocycles. The number of nitrogens with two attached hydrogens (primary N) is 1. The number of nitrogen functional groups attached to an aromatic ring is 1. The summed E-state index contributed by atoms with van der Waals surface area (Å²) in [5.74, 6) is 0.499. The molecule has 1 aromatic heterocycles. The van der Waals surface area contributed by atoms with Crippen LogP contribution in [0.1, 0.15) is 38.1 Å². The van der Waals surface area contributed by atoms with Gasteiger partial charge in [0.2, 0.25) is 0 Å². The van der Waals surface area contributed by atoms with Gasteiger partial charge < -0.3 is 16.0 Å². The van der Waals surface area contributed by atoms with Crippen molar-refractivity contribution in [2.75, 3.05) is 12.3 Å². The van der Waals surface area contributed by atoms with Gasteiger partial charge >= 0.3 is 0 Å². The van der Waals surface area contributed by atoms with Crippen molar-refractivity contribution in [3.8, 4) is 0 Å². The highest BCUT2D eigenvalue weighted by atomic mass is 16.1. The molecule has 2 aromatic rings. The molecule has 1 fully saturated rings. The number of carbonyl (C=O) groups is 1. The van der Waals surface area contributed by atoms with E-state index in [4.69, 9.17) is 5.73 Å². The lowest BCUT2D eigenvalue weighted by atomic mass is 10.0. The molecule has 112 valence electrons. The zero-order valence-corrected chi connectivity index (χ0v) is 13.1. The highest BCUT2D eigenvalue weighted by Gasteiger charge is 2.64. The lowest BCUT2D eigenvalue weighted by Gasteiger charge is -2.06. The Morgan fingerprint density at radius 1 is 1.29 bits per heavy atom. The van der Waals surface area contributed by atoms with Crippen molar-refractivity contribution in [2.45, 2.75) is 27.7 Å². The van der Waals surface area contributed by atoms with E-state index >= 15 is 0 Å². The molecule has 4 heteroatoms. The highest BCUT2D eigenvalue weighted by molar-refractivity contribution is 6.07. The van der Waals surface area contributed by atoms with E-state index in [1.54, 1.807) is 6.20 Å². The number of benzene rings is 1. The van der Waals surface area contributed by atoms with Crippen LogP contribution in [0.5, 0.6) is 0 Å². The Kier molecular flexibility index (Phi) is 2.84. The highest BCUT2D eigenvalue weighted by Crippen LogP contribution is 2.67. The third kappa shape index (κ3) is 2.01. The third-order valence-electron chi connectivity index (χ3n) is 5.74. The minimum absolute atomic E-state index is 0.0236. The summed E-state index contributed by atoms with van der Waals surface area (Å²) < 4.78 is 0. The van der Waals surface area contributed by atoms with E-state index in [-0.39, 0.29) is 16.7 Å². The van der Waals surface area contributed by atoms with Gasteiger partial charge in [-0.05, 0) is 34.9 Å². The normalized spacial score (nSPS) is 19.6. The summed E-state index contributed by atoms with van der Waals surface area (Å²) in [6, 6.07) is 5.56. The second-order valence-electron chi connectivity index (χ2n) is 7.21. The molecule has 0 atom stereocenters. The Balaban J connectivity index is 1.74. The summed E-state index contributed by atoms with van der Waals surface area (Å²) in [7, 11) is 0. The standard InChI is InChI=1S/C17H23N3O/c1-16(2)14(17(16,3)4)9-20-15(21)12-8-19-13-7-10(18)5-6-11(12)13/h5-8,14,19H,9,18H2,1-4H3,(H,20,21). The molecule has 1 amide bonds. The zero-order chi connectivity index (χ0) is 15.4. The number of hydrogen-bond donors (Lipinski definition) is 3. The number of hydrogen-bond acceptors (Lipinski definition) is 2. The molecule has 4 nitrogen and oxygen atoms in total. The quantitative estimate of drug-likeness (QED) is 0.758. The van der Waals surface area contributed by atoms with Gasteiger partial charge in [0.15, 0.2) is 0 Å². The number of H-pyrrole nitrogens is 1. The van der Waals surface area contributed by atoms with E-state index < -0.39 is 0 Å². The topological polar surface area (TPSA) is 70.9 Å². The molecule has 1 heterocycles. The van der Waals surface area contributed by atoms with Crippen LogP contribution in [0.3, 0.4) is 0 Å². The molecule has 0 aliphatic heterocycles. The van der Waals surface area contributed by atoms with Crippen LogP contribution >= 0.6 is 0 Å². The number of nitrogens with one attached hydrogen (secondary N) is 2. The van der Waals surface area contributed by atoms with Crippen molar-refractivity contribution in [3.63, 3.8) is 0 Å². The second kappa shape index (κ2) is 4.26. The van der Waals surface area contributed by atoms with E-state index in [9.17, 15) is 4.79 Å². The Morgan fingerprint density at radius 2 is 1.95 bits per heavy atom. The maximum atomic E-state index is 12.4. The van der Waals surface area contributed by atoms with E-state index in [1.165, 1.54) is 0 Å². The molecular weight excluding hydrogens is 262 g/mol. The Hall–Kier alpha value is -1.97. The first-order valence-corrected chi connectivity index (χ1v) is 7.40. The predicted octanol–water partition coefficient (Wildman–Crippen LogP) is 3.16. The molecule has 0 radical (unpaired) electrons. The number of fused-ring (bicyclic) bond motifs is 1. The van der Waals surface area contributed by atoms with E-state index in [2.05, 4.69) is 38.0 Å². The largest absolute Gasteiger partial charge is 0.399 e. The average Bonchev–Trinajstić information content (AvgIpc) is 2.74. The average molecular weight is 285 g/mol. The van der Waals surface area contributed by atoms with E-state index in [0.29, 0.717) is 17.2 Å². The summed E-state index contributed by atoms with van der Waals surface area (Å²) in [6.07, 6.45) is 1.75. The van der Waals surface area contributed by atoms with Gasteiger partial charge in [-0.3, -0.25) is 4.79 Å². The second-order valence-corrected chi connectivity index (χ2v) is 7.21. The van der Waals surface area contributed by atoms with Crippen molar-refractivity contribution in [3.05, 3.63) is 30.0 Å². The number of anilines is 1. The van der Waals surface area contributed by atoms with Crippen LogP contribution in [0, 0.1) is 16.7 Å². The first kappa shape index (κ1) is 14.0. The molecule has 1 aliphatic rings. The maximum absolute atomic E-state index is 12.4. The van der Waals surface area contributed by atoms with Crippen LogP contribution in [0.4, 0.5) is 5.69 Å². The van der Waals surface area contributed by atoms with Gasteiger partial charge in [-0.15, -0.1) is 0 Å². The first-order chi connectivity index (χ1) is 9.75. The van der Waals surface area contributed by atoms with Gasteiger partial charge in [-0.25, -0.2) is 0 Å². The predicted molar refractivity (Wildman–Crippen MR) is 86.1 cm³/mol. The number of aromatic amines is 1. The van der Waals surface area contributed by atoms with Crippen molar-refractivity contribution in [1.82, 2.24) is 10.3 Å². The summed E-state index contributed by atoms with van der Waals surface area (Å²) in [5.41, 5.74) is 8.60. The lowest BCUT2D eigenvalue weighted by Crippen LogP contribution is -2.26. The fraction of sp³-hybridized carbons (Fsp3) is 0.471. The van der Waals surface area contributed by atoms with Crippen molar-refractivity contribution in [1.29, 1.82) is 0 Å². The fourth-order valence-corrected chi connectivity index (χ4v) is 3.47. The van der Waals surface area contributed by atoms with Crippen LogP contribution in [0.2, 0.25) is 0 Å². The van der Waals surface area contributed by atoms with Crippen LogP contribution in [0.15, 0.2) is 24.4 Å². The SMILES string of the molecule is CC1(C)C(CNC(=O)c2c[nH]c3cc(N)ccc23)C1(C)C. The number of amides is 1. The molecule has 0 unspecified atom stereocenters. The van der Waals surface area contributed by atoms with Crippen LogP contribution in [0.25, 0.3) is 10.9 Å². The van der Waals surface area contributed by atoms with Gasteiger partial charge in [-0.2, -0.15) is 0 Å². The Morgan fingerprint density at radius 3 is 2.57 bits per heavy atom. The van der Waals surface area contributed by atoms with Gasteiger partial charge in [0.25, 0.3) is 5.91 Å². The number of aromatic nitrogens is 1. The molecule has 4 N–H and O–H groups in total. The van der Waals surface area contributed by atoms with Crippen molar-refractivity contribution in [2.24, 2.45) is 16.7 Å². The summed E-state index contributed by atoms with van der Waals surface area (Å²) in [6.45, 7) is 9.77. The molecule has 1 aromatic carbocycles. The van der Waals surface area contributed by atoms with Gasteiger partial charge in [-0.1, -0.05) is 27.7 Å². The monoisotopic (exact) mass is 285 g/mol. The minimum atomic E-state index is -0.0236. The fourth-order valence-electron chi connectivity index (χ4n) is 3.47. The summed E-state index contributed by atoms with van der Waals surface area (Å²) in [5, 5.41) is 3.99. The van der Waals surface area contributed by atoms with Crippen molar-refractivity contribution < 1.29 is 4.79 Å². The molecule has 1 aliphatic carbocycles. The Bertz CT molecular complexity index is 698. The van der Waals surface area contributed by atoms with Gasteiger partial charge in [0.05, 0.1) is 5.56 Å². The van der Waals surface area contributed by atoms with E-state index in [1.807, 2.05) is 18.2 Å². The lowest BCUT2D eigenvalue weighted by molar-refractivity contribution is 0.0951. The van der Waals surface area contributed by atoms with E-state index in [0.717, 1.165) is 17.4 Å². The minimum Gasteiger partial charge on any atom is -0.399 e. The zero-order valence-electron chi connectivity index (χ0n) is 13.1. The smallest absolute Gasteiger partial charge is 0.253 e. The first-order valence-electron chi connectivity index (χ1n) is 7.40. The van der Waals surface area contributed by atoms with Crippen LogP contribution in [-0.2, 0) is 0 Å². The van der Waals surface area contributed by atoms with Crippen LogP contribution < -0.4 is 11.1 Å². The van der Waals surface area contributed by atoms with Gasteiger partial charge in [0, 0.05) is 29.3 Å². The molecule has 0 bridgehead atoms. The molecule has 3 rings (SSSR count). The number of carbonyl (C=O) groups excluding carboxylic acids is 1.